The van der Waals surface area contributed by atoms with E-state index in [2.05, 4.69) is 25.1 Å². The van der Waals surface area contributed by atoms with E-state index in [0.717, 1.165) is 30.6 Å². The van der Waals surface area contributed by atoms with Crippen LogP contribution in [-0.2, 0) is 0 Å². The first-order chi connectivity index (χ1) is 11.3. The van der Waals surface area contributed by atoms with Gasteiger partial charge in [0.05, 0.1) is 5.69 Å². The van der Waals surface area contributed by atoms with Gasteiger partial charge in [-0.15, -0.1) is 0 Å². The van der Waals surface area contributed by atoms with Crippen molar-refractivity contribution < 1.29 is 4.79 Å². The Balaban J connectivity index is 1.59. The van der Waals surface area contributed by atoms with Crippen molar-refractivity contribution in [3.63, 3.8) is 0 Å². The quantitative estimate of drug-likeness (QED) is 0.779. The molecule has 1 saturated heterocycles. The second kappa shape index (κ2) is 5.75. The molecule has 0 radical (unpaired) electrons. The van der Waals surface area contributed by atoms with E-state index in [1.165, 1.54) is 0 Å². The Labute approximate surface area is 132 Å². The van der Waals surface area contributed by atoms with Gasteiger partial charge in [-0.3, -0.25) is 14.9 Å². The van der Waals surface area contributed by atoms with Gasteiger partial charge < -0.3 is 4.90 Å². The summed E-state index contributed by atoms with van der Waals surface area (Å²) in [5.41, 5.74) is 2.87. The van der Waals surface area contributed by atoms with Gasteiger partial charge in [0.15, 0.2) is 5.65 Å². The monoisotopic (exact) mass is 308 g/mol. The molecule has 4 heterocycles. The highest BCUT2D eigenvalue weighted by atomic mass is 16.2. The summed E-state index contributed by atoms with van der Waals surface area (Å²) in [6.07, 6.45) is 6.89. The number of nitrogens with one attached hydrogen (secondary N) is 1. The molecule has 23 heavy (non-hydrogen) atoms. The summed E-state index contributed by atoms with van der Waals surface area (Å²) in [5.74, 6) is 0.170. The van der Waals surface area contributed by atoms with Crippen LogP contribution in [0.4, 0.5) is 0 Å². The minimum Gasteiger partial charge on any atom is -0.337 e. The summed E-state index contributed by atoms with van der Waals surface area (Å²) < 4.78 is 0. The Morgan fingerprint density at radius 1 is 1.17 bits per heavy atom. The first-order valence-corrected chi connectivity index (χ1v) is 7.68. The van der Waals surface area contributed by atoms with Crippen LogP contribution in [0.15, 0.2) is 36.8 Å². The summed E-state index contributed by atoms with van der Waals surface area (Å²) in [5, 5.41) is 7.26. The molecule has 3 aromatic rings. The van der Waals surface area contributed by atoms with Gasteiger partial charge in [0.1, 0.15) is 11.2 Å². The molecule has 1 aliphatic rings. The van der Waals surface area contributed by atoms with Crippen LogP contribution in [0.1, 0.15) is 34.9 Å². The highest BCUT2D eigenvalue weighted by Gasteiger charge is 2.28. The molecule has 116 valence electrons. The molecule has 0 spiro atoms. The first-order valence-electron chi connectivity index (χ1n) is 7.68. The van der Waals surface area contributed by atoms with E-state index < -0.39 is 0 Å². The van der Waals surface area contributed by atoms with Crippen LogP contribution in [0.25, 0.3) is 11.2 Å². The molecule has 3 aromatic heterocycles. The molecule has 0 unspecified atom stereocenters. The summed E-state index contributed by atoms with van der Waals surface area (Å²) in [6.45, 7) is 1.40. The standard InChI is InChI=1S/C16H16N6O/c23-16(12-5-1-2-6-17-12)22-9-3-4-11(10-22)13-14-15(21-20-13)19-8-7-18-14/h1-2,5-8,11H,3-4,9-10H2,(H,19,20,21)/t11-/m0/s1. The average Bonchev–Trinajstić information content (AvgIpc) is 3.06. The highest BCUT2D eigenvalue weighted by Crippen LogP contribution is 2.29. The zero-order valence-electron chi connectivity index (χ0n) is 12.5. The fourth-order valence-electron chi connectivity index (χ4n) is 3.10. The maximum atomic E-state index is 12.6. The number of hydrogen-bond acceptors (Lipinski definition) is 5. The van der Waals surface area contributed by atoms with Gasteiger partial charge in [0, 0.05) is 37.6 Å². The van der Waals surface area contributed by atoms with Gasteiger partial charge in [-0.25, -0.2) is 9.97 Å². The average molecular weight is 308 g/mol. The van der Waals surface area contributed by atoms with E-state index in [9.17, 15) is 4.79 Å². The fraction of sp³-hybridized carbons (Fsp3) is 0.312. The van der Waals surface area contributed by atoms with Crippen molar-refractivity contribution in [1.82, 2.24) is 30.0 Å². The minimum absolute atomic E-state index is 0.0230. The van der Waals surface area contributed by atoms with Gasteiger partial charge >= 0.3 is 0 Å². The highest BCUT2D eigenvalue weighted by molar-refractivity contribution is 5.92. The molecular weight excluding hydrogens is 292 g/mol. The predicted octanol–water partition coefficient (Wildman–Crippen LogP) is 1.77. The number of carbonyl (C=O) groups is 1. The van der Waals surface area contributed by atoms with Crippen molar-refractivity contribution >= 4 is 17.1 Å². The fourth-order valence-corrected chi connectivity index (χ4v) is 3.10. The molecule has 4 rings (SSSR count). The number of piperidine rings is 1. The van der Waals surface area contributed by atoms with Gasteiger partial charge in [-0.1, -0.05) is 6.07 Å². The van der Waals surface area contributed by atoms with Crippen LogP contribution in [0.2, 0.25) is 0 Å². The smallest absolute Gasteiger partial charge is 0.272 e. The summed E-state index contributed by atoms with van der Waals surface area (Å²) in [6, 6.07) is 5.40. The second-order valence-corrected chi connectivity index (χ2v) is 5.67. The number of nitrogens with zero attached hydrogens (tertiary/aromatic N) is 5. The maximum absolute atomic E-state index is 12.6. The molecule has 1 atom stereocenters. The molecule has 0 aromatic carbocycles. The van der Waals surface area contributed by atoms with Crippen molar-refractivity contribution in [1.29, 1.82) is 0 Å². The second-order valence-electron chi connectivity index (χ2n) is 5.67. The maximum Gasteiger partial charge on any atom is 0.272 e. The molecule has 0 bridgehead atoms. The molecule has 7 heteroatoms. The largest absolute Gasteiger partial charge is 0.337 e. The number of aromatic nitrogens is 5. The van der Waals surface area contributed by atoms with Gasteiger partial charge in [-0.2, -0.15) is 5.10 Å². The summed E-state index contributed by atoms with van der Waals surface area (Å²) >= 11 is 0. The normalized spacial score (nSPS) is 18.3. The van der Waals surface area contributed by atoms with Gasteiger partial charge in [0.25, 0.3) is 5.91 Å². The summed E-state index contributed by atoms with van der Waals surface area (Å²) in [4.78, 5) is 27.2. The van der Waals surface area contributed by atoms with E-state index in [4.69, 9.17) is 0 Å². The van der Waals surface area contributed by atoms with Crippen LogP contribution in [0.5, 0.6) is 0 Å². The number of hydrogen-bond donors (Lipinski definition) is 1. The van der Waals surface area contributed by atoms with E-state index in [-0.39, 0.29) is 11.8 Å². The zero-order chi connectivity index (χ0) is 15.6. The Hall–Kier alpha value is -2.83. The van der Waals surface area contributed by atoms with Crippen molar-refractivity contribution in [3.8, 4) is 0 Å². The topological polar surface area (TPSA) is 87.7 Å². The number of aromatic amines is 1. The van der Waals surface area contributed by atoms with Crippen LogP contribution >= 0.6 is 0 Å². The molecule has 1 N–H and O–H groups in total. The Morgan fingerprint density at radius 2 is 2.09 bits per heavy atom. The number of carbonyl (C=O) groups excluding carboxylic acids is 1. The first kappa shape index (κ1) is 13.8. The van der Waals surface area contributed by atoms with Crippen LogP contribution in [0, 0.1) is 0 Å². The molecule has 1 aliphatic heterocycles. The van der Waals surface area contributed by atoms with Crippen LogP contribution < -0.4 is 0 Å². The third-order valence-electron chi connectivity index (χ3n) is 4.22. The lowest BCUT2D eigenvalue weighted by molar-refractivity contribution is 0.0700. The predicted molar refractivity (Wildman–Crippen MR) is 83.8 cm³/mol. The third-order valence-corrected chi connectivity index (χ3v) is 4.22. The SMILES string of the molecule is O=C(c1ccccn1)N1CCC[C@H](c2[nH]nc3nccnc23)C1. The number of H-pyrrole nitrogens is 1. The van der Waals surface area contributed by atoms with Crippen LogP contribution in [-0.4, -0.2) is 49.0 Å². The Kier molecular flexibility index (Phi) is 3.45. The van der Waals surface area contributed by atoms with Crippen LogP contribution in [0.3, 0.4) is 0 Å². The number of amides is 1. The zero-order valence-corrected chi connectivity index (χ0v) is 12.5. The molecule has 1 amide bonds. The number of pyridine rings is 1. The molecule has 0 saturated carbocycles. The number of fused-ring (bicyclic) bond motifs is 1. The lowest BCUT2D eigenvalue weighted by Crippen LogP contribution is -2.39. The van der Waals surface area contributed by atoms with Gasteiger partial charge in [-0.05, 0) is 25.0 Å². The summed E-state index contributed by atoms with van der Waals surface area (Å²) in [7, 11) is 0. The molecule has 0 aliphatic carbocycles. The van der Waals surface area contributed by atoms with Crippen molar-refractivity contribution in [3.05, 3.63) is 48.2 Å². The van der Waals surface area contributed by atoms with Crippen molar-refractivity contribution in [2.45, 2.75) is 18.8 Å². The van der Waals surface area contributed by atoms with Gasteiger partial charge in [0.2, 0.25) is 0 Å². The number of rotatable bonds is 2. The van der Waals surface area contributed by atoms with E-state index >= 15 is 0 Å². The third kappa shape index (κ3) is 2.54. The number of likely N-dealkylation sites (tertiary alicyclic amines) is 1. The van der Waals surface area contributed by atoms with Crippen molar-refractivity contribution in [2.75, 3.05) is 13.1 Å². The van der Waals surface area contributed by atoms with E-state index in [0.29, 0.717) is 17.9 Å². The Bertz CT molecular complexity index is 831. The molecule has 1 fully saturated rings. The lowest BCUT2D eigenvalue weighted by atomic mass is 9.94. The Morgan fingerprint density at radius 3 is 2.96 bits per heavy atom. The van der Waals surface area contributed by atoms with E-state index in [1.54, 1.807) is 24.7 Å². The van der Waals surface area contributed by atoms with Crippen molar-refractivity contribution in [2.24, 2.45) is 0 Å². The lowest BCUT2D eigenvalue weighted by Gasteiger charge is -2.32. The minimum atomic E-state index is -0.0230. The molecule has 7 nitrogen and oxygen atoms in total. The molecular formula is C16H16N6O. The van der Waals surface area contributed by atoms with E-state index in [1.807, 2.05) is 17.0 Å².